The standard InChI is InChI=1S/C9H10BrF2NO/c1-5-8(14-2)6(3-10)7(4-13-5)9(11)12/h4,9H,3H2,1-2H3. The van der Waals surface area contributed by atoms with Gasteiger partial charge in [-0.25, -0.2) is 8.78 Å². The number of ether oxygens (including phenoxy) is 1. The maximum Gasteiger partial charge on any atom is 0.265 e. The van der Waals surface area contributed by atoms with Crippen LogP contribution in [0.3, 0.4) is 0 Å². The number of hydrogen-bond acceptors (Lipinski definition) is 2. The van der Waals surface area contributed by atoms with Crippen molar-refractivity contribution in [3.8, 4) is 5.75 Å². The molecule has 0 radical (unpaired) electrons. The van der Waals surface area contributed by atoms with E-state index < -0.39 is 6.43 Å². The lowest BCUT2D eigenvalue weighted by Gasteiger charge is -2.12. The van der Waals surface area contributed by atoms with Gasteiger partial charge < -0.3 is 4.74 Å². The minimum atomic E-state index is -2.52. The van der Waals surface area contributed by atoms with Crippen LogP contribution >= 0.6 is 15.9 Å². The van der Waals surface area contributed by atoms with Crippen molar-refractivity contribution in [2.45, 2.75) is 18.7 Å². The van der Waals surface area contributed by atoms with Gasteiger partial charge in [0.15, 0.2) is 0 Å². The van der Waals surface area contributed by atoms with E-state index in [-0.39, 0.29) is 5.56 Å². The number of rotatable bonds is 3. The first kappa shape index (κ1) is 11.4. The highest BCUT2D eigenvalue weighted by molar-refractivity contribution is 9.08. The van der Waals surface area contributed by atoms with Gasteiger partial charge in [-0.2, -0.15) is 0 Å². The summed E-state index contributed by atoms with van der Waals surface area (Å²) in [6.07, 6.45) is -1.33. The van der Waals surface area contributed by atoms with Gasteiger partial charge in [-0.1, -0.05) is 15.9 Å². The van der Waals surface area contributed by atoms with Crippen molar-refractivity contribution >= 4 is 15.9 Å². The van der Waals surface area contributed by atoms with Gasteiger partial charge in [0.05, 0.1) is 12.8 Å². The average molecular weight is 266 g/mol. The minimum absolute atomic E-state index is 0.0793. The third-order valence-electron chi connectivity index (χ3n) is 1.92. The zero-order valence-electron chi connectivity index (χ0n) is 7.85. The Bertz CT molecular complexity index is 331. The van der Waals surface area contributed by atoms with Crippen LogP contribution in [-0.4, -0.2) is 12.1 Å². The number of alkyl halides is 3. The molecule has 0 amide bonds. The zero-order valence-corrected chi connectivity index (χ0v) is 9.44. The molecule has 5 heteroatoms. The first-order chi connectivity index (χ1) is 6.61. The molecular weight excluding hydrogens is 256 g/mol. The van der Waals surface area contributed by atoms with Crippen molar-refractivity contribution in [3.63, 3.8) is 0 Å². The van der Waals surface area contributed by atoms with Gasteiger partial charge >= 0.3 is 0 Å². The fourth-order valence-electron chi connectivity index (χ4n) is 1.25. The normalized spacial score (nSPS) is 10.7. The first-order valence-electron chi connectivity index (χ1n) is 3.98. The van der Waals surface area contributed by atoms with Crippen LogP contribution in [0.4, 0.5) is 8.78 Å². The summed E-state index contributed by atoms with van der Waals surface area (Å²) < 4.78 is 30.1. The molecule has 0 spiro atoms. The van der Waals surface area contributed by atoms with Gasteiger partial charge in [0, 0.05) is 22.7 Å². The van der Waals surface area contributed by atoms with Crippen LogP contribution in [0.1, 0.15) is 23.2 Å². The summed E-state index contributed by atoms with van der Waals surface area (Å²) in [7, 11) is 1.45. The lowest BCUT2D eigenvalue weighted by molar-refractivity contribution is 0.149. The third kappa shape index (κ3) is 2.03. The molecule has 1 aromatic heterocycles. The highest BCUT2D eigenvalue weighted by atomic mass is 79.9. The van der Waals surface area contributed by atoms with Crippen molar-refractivity contribution in [1.29, 1.82) is 0 Å². The zero-order chi connectivity index (χ0) is 10.7. The molecule has 0 unspecified atom stereocenters. The topological polar surface area (TPSA) is 22.1 Å². The summed E-state index contributed by atoms with van der Waals surface area (Å²) in [5.41, 5.74) is 1.01. The molecule has 0 saturated carbocycles. The quantitative estimate of drug-likeness (QED) is 0.783. The number of hydrogen-bond donors (Lipinski definition) is 0. The second-order valence-electron chi connectivity index (χ2n) is 2.75. The fourth-order valence-corrected chi connectivity index (χ4v) is 1.83. The molecule has 0 saturated heterocycles. The highest BCUT2D eigenvalue weighted by Gasteiger charge is 2.18. The number of halogens is 3. The minimum Gasteiger partial charge on any atom is -0.495 e. The van der Waals surface area contributed by atoms with Crippen LogP contribution in [0, 0.1) is 6.92 Å². The lowest BCUT2D eigenvalue weighted by atomic mass is 10.1. The number of methoxy groups -OCH3 is 1. The van der Waals surface area contributed by atoms with Crippen LogP contribution < -0.4 is 4.74 Å². The predicted octanol–water partition coefficient (Wildman–Crippen LogP) is 3.23. The van der Waals surface area contributed by atoms with Gasteiger partial charge in [-0.3, -0.25) is 4.98 Å². The van der Waals surface area contributed by atoms with E-state index >= 15 is 0 Å². The molecule has 0 aliphatic carbocycles. The van der Waals surface area contributed by atoms with Crippen LogP contribution in [-0.2, 0) is 5.33 Å². The first-order valence-corrected chi connectivity index (χ1v) is 5.10. The van der Waals surface area contributed by atoms with E-state index in [4.69, 9.17) is 4.74 Å². The largest absolute Gasteiger partial charge is 0.495 e. The summed E-state index contributed by atoms with van der Waals surface area (Å²) in [5.74, 6) is 0.430. The van der Waals surface area contributed by atoms with E-state index in [2.05, 4.69) is 20.9 Å². The van der Waals surface area contributed by atoms with Gasteiger partial charge in [0.25, 0.3) is 6.43 Å². The molecule has 1 heterocycles. The maximum atomic E-state index is 12.5. The molecule has 0 N–H and O–H groups in total. The average Bonchev–Trinajstić information content (AvgIpc) is 2.16. The molecule has 2 nitrogen and oxygen atoms in total. The Morgan fingerprint density at radius 2 is 2.21 bits per heavy atom. The van der Waals surface area contributed by atoms with E-state index in [1.807, 2.05) is 0 Å². The predicted molar refractivity (Wildman–Crippen MR) is 53.1 cm³/mol. The SMILES string of the molecule is COc1c(C)ncc(C(F)F)c1CBr. The third-order valence-corrected chi connectivity index (χ3v) is 2.48. The van der Waals surface area contributed by atoms with E-state index in [1.165, 1.54) is 13.3 Å². The van der Waals surface area contributed by atoms with Crippen molar-refractivity contribution in [1.82, 2.24) is 4.98 Å². The van der Waals surface area contributed by atoms with Crippen LogP contribution in [0.5, 0.6) is 5.75 Å². The lowest BCUT2D eigenvalue weighted by Crippen LogP contribution is -2.01. The number of nitrogens with zero attached hydrogens (tertiary/aromatic N) is 1. The molecule has 0 bridgehead atoms. The van der Waals surface area contributed by atoms with Crippen LogP contribution in [0.25, 0.3) is 0 Å². The Morgan fingerprint density at radius 1 is 1.57 bits per heavy atom. The molecular formula is C9H10BrF2NO. The molecule has 0 aliphatic heterocycles. The monoisotopic (exact) mass is 265 g/mol. The van der Waals surface area contributed by atoms with E-state index in [0.717, 1.165) is 0 Å². The molecule has 1 rings (SSSR count). The van der Waals surface area contributed by atoms with Crippen molar-refractivity contribution in [2.75, 3.05) is 7.11 Å². The summed E-state index contributed by atoms with van der Waals surface area (Å²) in [6.45, 7) is 1.72. The molecule has 0 aromatic carbocycles. The second-order valence-corrected chi connectivity index (χ2v) is 3.31. The Kier molecular flexibility index (Phi) is 3.80. The Labute approximate surface area is 89.4 Å². The van der Waals surface area contributed by atoms with Gasteiger partial charge in [-0.05, 0) is 6.92 Å². The Balaban J connectivity index is 3.33. The van der Waals surface area contributed by atoms with Gasteiger partial charge in [0.2, 0.25) is 0 Å². The highest BCUT2D eigenvalue weighted by Crippen LogP contribution is 2.32. The number of aryl methyl sites for hydroxylation is 1. The second kappa shape index (κ2) is 4.68. The summed E-state index contributed by atoms with van der Waals surface area (Å²) in [4.78, 5) is 3.85. The van der Waals surface area contributed by atoms with E-state index in [0.29, 0.717) is 22.3 Å². The molecule has 1 aromatic rings. The molecule has 0 aliphatic rings. The van der Waals surface area contributed by atoms with E-state index in [1.54, 1.807) is 6.92 Å². The molecule has 0 atom stereocenters. The number of pyridine rings is 1. The fraction of sp³-hybridized carbons (Fsp3) is 0.444. The number of aromatic nitrogens is 1. The summed E-state index contributed by atoms with van der Waals surface area (Å²) in [6, 6.07) is 0. The summed E-state index contributed by atoms with van der Waals surface area (Å²) >= 11 is 3.16. The van der Waals surface area contributed by atoms with Crippen LogP contribution in [0.2, 0.25) is 0 Å². The van der Waals surface area contributed by atoms with E-state index in [9.17, 15) is 8.78 Å². The van der Waals surface area contributed by atoms with Crippen molar-refractivity contribution < 1.29 is 13.5 Å². The smallest absolute Gasteiger partial charge is 0.265 e. The van der Waals surface area contributed by atoms with Crippen LogP contribution in [0.15, 0.2) is 6.20 Å². The Morgan fingerprint density at radius 3 is 2.64 bits per heavy atom. The molecule has 14 heavy (non-hydrogen) atoms. The van der Waals surface area contributed by atoms with Gasteiger partial charge in [-0.15, -0.1) is 0 Å². The summed E-state index contributed by atoms with van der Waals surface area (Å²) in [5, 5.41) is 0.333. The maximum absolute atomic E-state index is 12.5. The molecule has 78 valence electrons. The van der Waals surface area contributed by atoms with Gasteiger partial charge in [0.1, 0.15) is 5.75 Å². The Hall–Kier alpha value is -0.710. The van der Waals surface area contributed by atoms with Crippen molar-refractivity contribution in [2.24, 2.45) is 0 Å². The van der Waals surface area contributed by atoms with Crippen molar-refractivity contribution in [3.05, 3.63) is 23.0 Å². The molecule has 0 fully saturated rings.